The molecule has 1 heterocycles. The van der Waals surface area contributed by atoms with Crippen molar-refractivity contribution in [3.63, 3.8) is 0 Å². The fraction of sp³-hybridized carbons (Fsp3) is 0.222. The summed E-state index contributed by atoms with van der Waals surface area (Å²) in [5, 5.41) is 4.05. The van der Waals surface area contributed by atoms with Gasteiger partial charge in [0.05, 0.1) is 10.2 Å². The lowest BCUT2D eigenvalue weighted by atomic mass is 10.2. The molecule has 0 radical (unpaired) electrons. The van der Waals surface area contributed by atoms with E-state index in [1.807, 2.05) is 48.7 Å². The van der Waals surface area contributed by atoms with Gasteiger partial charge in [-0.1, -0.05) is 37.3 Å². The third-order valence-corrected chi connectivity index (χ3v) is 5.99. The van der Waals surface area contributed by atoms with Gasteiger partial charge in [-0.05, 0) is 36.6 Å². The molecule has 0 bridgehead atoms. The van der Waals surface area contributed by atoms with Gasteiger partial charge in [-0.2, -0.15) is 0 Å². The number of carbonyl (C=O) groups excluding carboxylic acids is 1. The summed E-state index contributed by atoms with van der Waals surface area (Å²) in [6.07, 6.45) is 2.03. The van der Waals surface area contributed by atoms with Gasteiger partial charge in [0.2, 0.25) is 0 Å². The molecule has 0 unspecified atom stereocenters. The van der Waals surface area contributed by atoms with E-state index in [2.05, 4.69) is 24.1 Å². The third-order valence-electron chi connectivity index (χ3n) is 3.29. The van der Waals surface area contributed by atoms with E-state index < -0.39 is 0 Å². The van der Waals surface area contributed by atoms with Crippen LogP contribution in [-0.2, 0) is 0 Å². The van der Waals surface area contributed by atoms with Crippen LogP contribution in [0.3, 0.4) is 0 Å². The number of nitrogens with zero attached hydrogens (tertiary/aromatic N) is 1. The first kappa shape index (κ1) is 17.3. The minimum atomic E-state index is -0.119. The monoisotopic (exact) mass is 374 g/mol. The summed E-state index contributed by atoms with van der Waals surface area (Å²) in [5.41, 5.74) is 1.61. The number of benzene rings is 2. The Morgan fingerprint density at radius 3 is 2.75 bits per heavy atom. The van der Waals surface area contributed by atoms with Crippen molar-refractivity contribution < 1.29 is 4.79 Å². The third kappa shape index (κ3) is 3.94. The van der Waals surface area contributed by atoms with Gasteiger partial charge in [0.15, 0.2) is 5.13 Å². The van der Waals surface area contributed by atoms with Gasteiger partial charge in [0, 0.05) is 20.6 Å². The number of hydrogen-bond donors (Lipinski definition) is 1. The molecule has 2 aromatic carbocycles. The molecular weight excluding hydrogens is 356 g/mol. The van der Waals surface area contributed by atoms with E-state index >= 15 is 0 Å². The number of nitrogens with one attached hydrogen (secondary N) is 1. The van der Waals surface area contributed by atoms with Crippen molar-refractivity contribution in [2.24, 2.45) is 0 Å². The lowest BCUT2D eigenvalue weighted by Crippen LogP contribution is -2.11. The highest BCUT2D eigenvalue weighted by atomic mass is 32.2. The first-order chi connectivity index (χ1) is 11.6. The quantitative estimate of drug-likeness (QED) is 0.576. The predicted octanol–water partition coefficient (Wildman–Crippen LogP) is 5.77. The van der Waals surface area contributed by atoms with Gasteiger partial charge in [0.1, 0.15) is 0 Å². The number of thioether (sulfide) groups is 2. The zero-order valence-electron chi connectivity index (χ0n) is 13.7. The highest BCUT2D eigenvalue weighted by molar-refractivity contribution is 8.00. The molecule has 0 aliphatic rings. The topological polar surface area (TPSA) is 42.0 Å². The van der Waals surface area contributed by atoms with Gasteiger partial charge in [0.25, 0.3) is 5.91 Å². The molecule has 0 saturated heterocycles. The van der Waals surface area contributed by atoms with Gasteiger partial charge in [-0.15, -0.1) is 23.5 Å². The van der Waals surface area contributed by atoms with Gasteiger partial charge >= 0.3 is 0 Å². The summed E-state index contributed by atoms with van der Waals surface area (Å²) in [6, 6.07) is 13.8. The second-order valence-corrected chi connectivity index (χ2v) is 9.00. The van der Waals surface area contributed by atoms with E-state index in [1.165, 1.54) is 11.3 Å². The predicted molar refractivity (Wildman–Crippen MR) is 107 cm³/mol. The Morgan fingerprint density at radius 2 is 2.00 bits per heavy atom. The molecule has 0 saturated carbocycles. The lowest BCUT2D eigenvalue weighted by molar-refractivity contribution is 0.102. The van der Waals surface area contributed by atoms with Gasteiger partial charge < -0.3 is 0 Å². The average Bonchev–Trinajstić information content (AvgIpc) is 2.96. The zero-order chi connectivity index (χ0) is 17.1. The van der Waals surface area contributed by atoms with Crippen LogP contribution in [-0.4, -0.2) is 22.4 Å². The van der Waals surface area contributed by atoms with Crippen molar-refractivity contribution in [2.45, 2.75) is 28.9 Å². The molecule has 0 spiro atoms. The Kier molecular flexibility index (Phi) is 5.48. The summed E-state index contributed by atoms with van der Waals surface area (Å²) in [6.45, 7) is 4.28. The summed E-state index contributed by atoms with van der Waals surface area (Å²) < 4.78 is 1.08. The van der Waals surface area contributed by atoms with Crippen molar-refractivity contribution in [1.82, 2.24) is 4.98 Å². The van der Waals surface area contributed by atoms with E-state index in [0.717, 1.165) is 20.0 Å². The van der Waals surface area contributed by atoms with E-state index in [-0.39, 0.29) is 5.91 Å². The summed E-state index contributed by atoms with van der Waals surface area (Å²) in [7, 11) is 0. The van der Waals surface area contributed by atoms with Crippen LogP contribution in [0.5, 0.6) is 0 Å². The van der Waals surface area contributed by atoms with Crippen molar-refractivity contribution in [3.8, 4) is 0 Å². The second kappa shape index (κ2) is 7.59. The number of para-hydroxylation sites is 1. The zero-order valence-corrected chi connectivity index (χ0v) is 16.1. The molecule has 6 heteroatoms. The van der Waals surface area contributed by atoms with Crippen LogP contribution in [0.25, 0.3) is 10.2 Å². The maximum Gasteiger partial charge on any atom is 0.257 e. The normalized spacial score (nSPS) is 11.2. The number of hydrogen-bond acceptors (Lipinski definition) is 5. The smallest absolute Gasteiger partial charge is 0.257 e. The standard InChI is InChI=1S/C18H18N2OS3/c1-11(2)23-13-7-4-6-12(10-13)17(21)20-18-19-16-14(22-3)8-5-9-15(16)24-18/h4-11H,1-3H3,(H,19,20,21). The molecular formula is C18H18N2OS3. The molecule has 1 amide bonds. The van der Waals surface area contributed by atoms with Crippen molar-refractivity contribution >= 4 is 56.1 Å². The first-order valence-corrected chi connectivity index (χ1v) is 10.5. The molecule has 3 rings (SSSR count). The van der Waals surface area contributed by atoms with Crippen LogP contribution in [0.15, 0.2) is 52.3 Å². The Bertz CT molecular complexity index is 874. The minimum Gasteiger partial charge on any atom is -0.298 e. The highest BCUT2D eigenvalue weighted by Gasteiger charge is 2.12. The summed E-state index contributed by atoms with van der Waals surface area (Å²) >= 11 is 4.92. The van der Waals surface area contributed by atoms with Gasteiger partial charge in [-0.3, -0.25) is 10.1 Å². The van der Waals surface area contributed by atoms with Crippen LogP contribution < -0.4 is 5.32 Å². The number of aromatic nitrogens is 1. The molecule has 124 valence electrons. The minimum absolute atomic E-state index is 0.119. The van der Waals surface area contributed by atoms with Crippen LogP contribution in [0, 0.1) is 0 Å². The van der Waals surface area contributed by atoms with Crippen molar-refractivity contribution in [3.05, 3.63) is 48.0 Å². The Labute approximate surface area is 154 Å². The molecule has 0 aliphatic carbocycles. The van der Waals surface area contributed by atoms with Crippen LogP contribution in [0.4, 0.5) is 5.13 Å². The molecule has 3 aromatic rings. The van der Waals surface area contributed by atoms with E-state index in [4.69, 9.17) is 0 Å². The van der Waals surface area contributed by atoms with Crippen LogP contribution in [0.2, 0.25) is 0 Å². The molecule has 1 N–H and O–H groups in total. The van der Waals surface area contributed by atoms with E-state index in [0.29, 0.717) is 15.9 Å². The van der Waals surface area contributed by atoms with Crippen molar-refractivity contribution in [1.29, 1.82) is 0 Å². The fourth-order valence-corrected chi connectivity index (χ4v) is 4.71. The fourth-order valence-electron chi connectivity index (χ4n) is 2.29. The summed E-state index contributed by atoms with van der Waals surface area (Å²) in [4.78, 5) is 19.3. The first-order valence-electron chi connectivity index (χ1n) is 7.58. The van der Waals surface area contributed by atoms with Gasteiger partial charge in [-0.25, -0.2) is 4.98 Å². The number of rotatable bonds is 5. The Hall–Kier alpha value is -1.50. The Balaban J connectivity index is 1.82. The lowest BCUT2D eigenvalue weighted by Gasteiger charge is -2.07. The molecule has 0 atom stereocenters. The van der Waals surface area contributed by atoms with Crippen molar-refractivity contribution in [2.75, 3.05) is 11.6 Å². The number of thiazole rings is 1. The molecule has 0 fully saturated rings. The maximum atomic E-state index is 12.5. The maximum absolute atomic E-state index is 12.5. The number of anilines is 1. The second-order valence-electron chi connectivity index (χ2n) is 5.47. The van der Waals surface area contributed by atoms with E-state index in [9.17, 15) is 4.79 Å². The van der Waals surface area contributed by atoms with E-state index in [1.54, 1.807) is 23.5 Å². The number of fused-ring (bicyclic) bond motifs is 1. The number of carbonyl (C=O) groups is 1. The van der Waals surface area contributed by atoms with Crippen LogP contribution >= 0.6 is 34.9 Å². The SMILES string of the molecule is CSc1cccc2sc(NC(=O)c3cccc(SC(C)C)c3)nc12. The largest absolute Gasteiger partial charge is 0.298 e. The number of amides is 1. The molecule has 3 nitrogen and oxygen atoms in total. The van der Waals surface area contributed by atoms with Crippen LogP contribution in [0.1, 0.15) is 24.2 Å². The molecule has 24 heavy (non-hydrogen) atoms. The highest BCUT2D eigenvalue weighted by Crippen LogP contribution is 2.32. The molecule has 0 aliphatic heterocycles. The Morgan fingerprint density at radius 1 is 1.21 bits per heavy atom. The average molecular weight is 375 g/mol. The molecule has 1 aromatic heterocycles. The summed E-state index contributed by atoms with van der Waals surface area (Å²) in [5.74, 6) is -0.119.